The maximum atomic E-state index is 2.62. The van der Waals surface area contributed by atoms with Crippen LogP contribution in [0.4, 0.5) is 51.2 Å². The molecule has 0 N–H and O–H groups in total. The molecule has 3 nitrogen and oxygen atoms in total. The molecule has 9 aromatic carbocycles. The second-order valence-corrected chi connectivity index (χ2v) is 19.1. The highest BCUT2D eigenvalue weighted by molar-refractivity contribution is 7.82. The summed E-state index contributed by atoms with van der Waals surface area (Å²) in [6, 6.07) is 66.3. The van der Waals surface area contributed by atoms with Gasteiger partial charge in [-0.2, -0.15) is 0 Å². The maximum absolute atomic E-state index is 2.62. The number of fused-ring (bicyclic) bond motifs is 1. The molecule has 0 saturated heterocycles. The van der Waals surface area contributed by atoms with Crippen molar-refractivity contribution in [2.75, 3.05) is 14.7 Å². The molecule has 0 saturated carbocycles. The molecular weight excluding hydrogens is 758 g/mol. The highest BCUT2D eigenvalue weighted by atomic mass is 31.1. The Balaban J connectivity index is 1.16. The van der Waals surface area contributed by atoms with E-state index >= 15 is 0 Å². The molecule has 12 rings (SSSR count). The van der Waals surface area contributed by atoms with Gasteiger partial charge < -0.3 is 14.7 Å². The Morgan fingerprint density at radius 1 is 0.295 bits per heavy atom. The second kappa shape index (κ2) is 13.5. The zero-order chi connectivity index (χ0) is 41.1. The molecule has 0 radical (unpaired) electrons. The summed E-state index contributed by atoms with van der Waals surface area (Å²) < 4.78 is 0. The van der Waals surface area contributed by atoms with Gasteiger partial charge in [0.15, 0.2) is 0 Å². The predicted octanol–water partition coefficient (Wildman–Crippen LogP) is 14.8. The van der Waals surface area contributed by atoms with Crippen molar-refractivity contribution in [1.29, 1.82) is 0 Å². The maximum Gasteiger partial charge on any atom is 0.0569 e. The summed E-state index contributed by atoms with van der Waals surface area (Å²) in [6.07, 6.45) is 0. The van der Waals surface area contributed by atoms with Crippen LogP contribution in [0, 0.1) is 34.6 Å². The van der Waals surface area contributed by atoms with E-state index in [1.54, 1.807) is 0 Å². The third-order valence-electron chi connectivity index (χ3n) is 12.8. The minimum absolute atomic E-state index is 0.941. The Hall–Kier alpha value is -6.93. The quantitative estimate of drug-likeness (QED) is 0.161. The fourth-order valence-electron chi connectivity index (χ4n) is 10.1. The standard InChI is InChI=1S/C57H44N3P/c1-35-18-22-43(23-19-35)58-49-28-37(3)29-50-55(49)61-56-51(58)30-38(4)32-53(56)60(54-33-39(5)31-52(57(54)61)59(50)44-24-20-36(2)21-25-44)48-27-26-45(46-16-9-10-17-47(46)48)42-15-11-14-41(34-42)40-12-7-6-8-13-40/h6-34H,1-5H3. The first-order valence-corrected chi connectivity index (χ1v) is 22.6. The molecule has 3 aliphatic rings. The topological polar surface area (TPSA) is 9.72 Å². The van der Waals surface area contributed by atoms with Gasteiger partial charge in [-0.1, -0.05) is 114 Å². The molecule has 0 spiro atoms. The number of benzene rings is 9. The fourth-order valence-corrected chi connectivity index (χ4v) is 13.1. The Kier molecular flexibility index (Phi) is 7.99. The van der Waals surface area contributed by atoms with Crippen LogP contribution in [0.2, 0.25) is 0 Å². The third kappa shape index (κ3) is 5.47. The van der Waals surface area contributed by atoms with Gasteiger partial charge in [0.25, 0.3) is 0 Å². The van der Waals surface area contributed by atoms with E-state index in [9.17, 15) is 0 Å². The van der Waals surface area contributed by atoms with Crippen molar-refractivity contribution in [1.82, 2.24) is 0 Å². The predicted molar refractivity (Wildman–Crippen MR) is 262 cm³/mol. The van der Waals surface area contributed by atoms with Crippen LogP contribution in [0.5, 0.6) is 0 Å². The number of anilines is 9. The second-order valence-electron chi connectivity index (χ2n) is 17.1. The molecule has 0 aromatic heterocycles. The Bertz CT molecular complexity index is 3130. The monoisotopic (exact) mass is 801 g/mol. The first-order chi connectivity index (χ1) is 29.8. The average Bonchev–Trinajstić information content (AvgIpc) is 3.27. The summed E-state index contributed by atoms with van der Waals surface area (Å²) in [6.45, 7) is 11.1. The van der Waals surface area contributed by atoms with Gasteiger partial charge in [-0.15, -0.1) is 0 Å². The summed E-state index contributed by atoms with van der Waals surface area (Å²) >= 11 is 0. The molecule has 0 fully saturated rings. The van der Waals surface area contributed by atoms with E-state index in [0.29, 0.717) is 0 Å². The summed E-state index contributed by atoms with van der Waals surface area (Å²) in [7, 11) is -0.941. The smallest absolute Gasteiger partial charge is 0.0569 e. The van der Waals surface area contributed by atoms with Gasteiger partial charge in [-0.05, 0) is 152 Å². The lowest BCUT2D eigenvalue weighted by Gasteiger charge is -2.50. The molecule has 0 bridgehead atoms. The van der Waals surface area contributed by atoms with Gasteiger partial charge >= 0.3 is 0 Å². The lowest BCUT2D eigenvalue weighted by Crippen LogP contribution is -2.46. The molecular formula is C57H44N3P. The van der Waals surface area contributed by atoms with Crippen molar-refractivity contribution in [3.63, 3.8) is 0 Å². The summed E-state index contributed by atoms with van der Waals surface area (Å²) in [4.78, 5) is 7.74. The van der Waals surface area contributed by atoms with Gasteiger partial charge in [0.05, 0.1) is 39.8 Å². The molecule has 61 heavy (non-hydrogen) atoms. The minimum atomic E-state index is -0.941. The molecule has 0 aliphatic carbocycles. The molecule has 3 heterocycles. The van der Waals surface area contributed by atoms with Crippen molar-refractivity contribution in [2.45, 2.75) is 34.6 Å². The zero-order valence-electron chi connectivity index (χ0n) is 35.0. The number of rotatable bonds is 5. The first kappa shape index (κ1) is 36.0. The lowest BCUT2D eigenvalue weighted by molar-refractivity contribution is 1.21. The van der Waals surface area contributed by atoms with Crippen molar-refractivity contribution >= 4 is 85.8 Å². The molecule has 0 atom stereocenters. The number of nitrogens with zero attached hydrogens (tertiary/aromatic N) is 3. The van der Waals surface area contributed by atoms with Gasteiger partial charge in [0.2, 0.25) is 0 Å². The van der Waals surface area contributed by atoms with Crippen LogP contribution < -0.4 is 30.6 Å². The van der Waals surface area contributed by atoms with E-state index in [-0.39, 0.29) is 0 Å². The SMILES string of the molecule is Cc1ccc(N2c3cc(C)cc4c3P3c5c2cc(C)cc5N(c2ccc(-c5cccc(-c6ccccc6)c5)c5ccccc25)c2cc(C)cc(c23)N4c2ccc(C)cc2)cc1. The Morgan fingerprint density at radius 2 is 0.721 bits per heavy atom. The average molecular weight is 802 g/mol. The van der Waals surface area contributed by atoms with Crippen molar-refractivity contribution in [2.24, 2.45) is 0 Å². The largest absolute Gasteiger partial charge is 0.309 e. The molecule has 0 amide bonds. The van der Waals surface area contributed by atoms with Crippen molar-refractivity contribution in [3.8, 4) is 22.3 Å². The molecule has 0 unspecified atom stereocenters. The van der Waals surface area contributed by atoms with Gasteiger partial charge in [-0.25, -0.2) is 0 Å². The third-order valence-corrected chi connectivity index (χ3v) is 15.5. The summed E-state index contributed by atoms with van der Waals surface area (Å²) in [5.74, 6) is 0. The molecule has 9 aromatic rings. The lowest BCUT2D eigenvalue weighted by atomic mass is 9.94. The van der Waals surface area contributed by atoms with Crippen LogP contribution in [0.25, 0.3) is 33.0 Å². The van der Waals surface area contributed by atoms with Gasteiger partial charge in [-0.3, -0.25) is 0 Å². The van der Waals surface area contributed by atoms with Crippen LogP contribution in [-0.4, -0.2) is 0 Å². The van der Waals surface area contributed by atoms with E-state index in [1.807, 2.05) is 0 Å². The van der Waals surface area contributed by atoms with Crippen LogP contribution in [0.3, 0.4) is 0 Å². The number of hydrogen-bond acceptors (Lipinski definition) is 3. The van der Waals surface area contributed by atoms with Crippen LogP contribution >= 0.6 is 7.92 Å². The highest BCUT2D eigenvalue weighted by Gasteiger charge is 2.47. The van der Waals surface area contributed by atoms with E-state index in [2.05, 4.69) is 225 Å². The highest BCUT2D eigenvalue weighted by Crippen LogP contribution is 2.63. The van der Waals surface area contributed by atoms with E-state index in [0.717, 1.165) is 0 Å². The van der Waals surface area contributed by atoms with Crippen LogP contribution in [0.15, 0.2) is 176 Å². The Morgan fingerprint density at radius 3 is 1.23 bits per heavy atom. The van der Waals surface area contributed by atoms with E-state index in [1.165, 1.54) is 128 Å². The Labute approximate surface area is 359 Å². The summed E-state index contributed by atoms with van der Waals surface area (Å²) in [5, 5.41) is 6.74. The minimum Gasteiger partial charge on any atom is -0.309 e. The van der Waals surface area contributed by atoms with Crippen LogP contribution in [0.1, 0.15) is 27.8 Å². The van der Waals surface area contributed by atoms with Crippen LogP contribution in [-0.2, 0) is 0 Å². The zero-order valence-corrected chi connectivity index (χ0v) is 35.9. The molecule has 292 valence electrons. The molecule has 3 aliphatic heterocycles. The van der Waals surface area contributed by atoms with Crippen molar-refractivity contribution < 1.29 is 0 Å². The number of aryl methyl sites for hydroxylation is 5. The first-order valence-electron chi connectivity index (χ1n) is 21.3. The van der Waals surface area contributed by atoms with Gasteiger partial charge in [0.1, 0.15) is 0 Å². The fraction of sp³-hybridized carbons (Fsp3) is 0.0877. The molecule has 4 heteroatoms. The van der Waals surface area contributed by atoms with Gasteiger partial charge in [0, 0.05) is 40.6 Å². The summed E-state index contributed by atoms with van der Waals surface area (Å²) in [5.41, 5.74) is 22.4. The van der Waals surface area contributed by atoms with E-state index in [4.69, 9.17) is 0 Å². The normalized spacial score (nSPS) is 13.5. The number of hydrogen-bond donors (Lipinski definition) is 0. The van der Waals surface area contributed by atoms with Crippen molar-refractivity contribution in [3.05, 3.63) is 204 Å². The van der Waals surface area contributed by atoms with E-state index < -0.39 is 7.92 Å².